The predicted octanol–water partition coefficient (Wildman–Crippen LogP) is 3.92. The molecule has 0 saturated heterocycles. The van der Waals surface area contributed by atoms with Crippen LogP contribution in [0.2, 0.25) is 0 Å². The highest BCUT2D eigenvalue weighted by molar-refractivity contribution is 5.70. The number of rotatable bonds is 5. The fourth-order valence-electron chi connectivity index (χ4n) is 3.66. The molecular formula is C17H28N2O2. The highest BCUT2D eigenvalue weighted by atomic mass is 16.4. The first-order valence-electron chi connectivity index (χ1n) is 8.15. The average molecular weight is 292 g/mol. The molecule has 1 aromatic heterocycles. The van der Waals surface area contributed by atoms with E-state index in [1.807, 2.05) is 6.20 Å². The van der Waals surface area contributed by atoms with Gasteiger partial charge in [-0.25, -0.2) is 4.98 Å². The van der Waals surface area contributed by atoms with Gasteiger partial charge in [-0.1, -0.05) is 34.1 Å². The lowest BCUT2D eigenvalue weighted by atomic mass is 9.66. The molecule has 1 aromatic rings. The topological polar surface area (TPSA) is 55.1 Å². The molecule has 4 nitrogen and oxygen atoms in total. The lowest BCUT2D eigenvalue weighted by molar-refractivity contribution is -0.145. The van der Waals surface area contributed by atoms with Crippen molar-refractivity contribution in [1.29, 1.82) is 0 Å². The van der Waals surface area contributed by atoms with Crippen LogP contribution in [0.15, 0.2) is 12.4 Å². The van der Waals surface area contributed by atoms with Crippen LogP contribution in [0.3, 0.4) is 0 Å². The van der Waals surface area contributed by atoms with Gasteiger partial charge in [0.05, 0.1) is 5.92 Å². The van der Waals surface area contributed by atoms with Crippen LogP contribution in [-0.4, -0.2) is 20.6 Å². The Morgan fingerprint density at radius 1 is 1.43 bits per heavy atom. The zero-order valence-corrected chi connectivity index (χ0v) is 13.7. The summed E-state index contributed by atoms with van der Waals surface area (Å²) in [6.07, 6.45) is 8.47. The van der Waals surface area contributed by atoms with Crippen LogP contribution in [0.25, 0.3) is 0 Å². The van der Waals surface area contributed by atoms with E-state index in [2.05, 4.69) is 37.2 Å². The maximum absolute atomic E-state index is 11.7. The number of nitrogens with zero attached hydrogens (tertiary/aromatic N) is 2. The van der Waals surface area contributed by atoms with Crippen molar-refractivity contribution in [3.63, 3.8) is 0 Å². The number of carboxylic acids is 1. The molecule has 0 bridgehead atoms. The number of imidazole rings is 1. The summed E-state index contributed by atoms with van der Waals surface area (Å²) in [6, 6.07) is 0.0459. The number of carboxylic acid groups (broad SMARTS) is 1. The first-order valence-corrected chi connectivity index (χ1v) is 8.15. The third-order valence-corrected chi connectivity index (χ3v) is 5.57. The SMILES string of the molecule is CCc1nccn1C1CC(C(C)(C)CC)CCC1C(=O)O. The summed E-state index contributed by atoms with van der Waals surface area (Å²) in [6.45, 7) is 8.92. The summed E-state index contributed by atoms with van der Waals surface area (Å²) in [4.78, 5) is 16.0. The fourth-order valence-corrected chi connectivity index (χ4v) is 3.66. The Morgan fingerprint density at radius 2 is 2.14 bits per heavy atom. The number of carbonyl (C=O) groups is 1. The molecule has 0 spiro atoms. The maximum atomic E-state index is 11.7. The van der Waals surface area contributed by atoms with Crippen molar-refractivity contribution >= 4 is 5.97 Å². The molecule has 1 aliphatic rings. The van der Waals surface area contributed by atoms with Crippen LogP contribution in [0.1, 0.15) is 65.2 Å². The van der Waals surface area contributed by atoms with Crippen molar-refractivity contribution in [3.05, 3.63) is 18.2 Å². The number of hydrogen-bond donors (Lipinski definition) is 1. The molecule has 21 heavy (non-hydrogen) atoms. The molecule has 1 saturated carbocycles. The largest absolute Gasteiger partial charge is 0.481 e. The summed E-state index contributed by atoms with van der Waals surface area (Å²) in [7, 11) is 0. The standard InChI is InChI=1S/C17H28N2O2/c1-5-15-18-9-10-19(15)14-11-12(17(3,4)6-2)7-8-13(14)16(20)21/h9-10,12-14H,5-8,11H2,1-4H3,(H,20,21). The summed E-state index contributed by atoms with van der Waals surface area (Å²) >= 11 is 0. The Balaban J connectivity index is 2.30. The number of aromatic nitrogens is 2. The predicted molar refractivity (Wildman–Crippen MR) is 83.2 cm³/mol. The van der Waals surface area contributed by atoms with Crippen LogP contribution in [0.5, 0.6) is 0 Å². The van der Waals surface area contributed by atoms with Gasteiger partial charge in [0.15, 0.2) is 0 Å². The smallest absolute Gasteiger partial charge is 0.308 e. The van der Waals surface area contributed by atoms with E-state index in [1.54, 1.807) is 6.20 Å². The zero-order valence-electron chi connectivity index (χ0n) is 13.7. The molecule has 4 heteroatoms. The molecule has 118 valence electrons. The van der Waals surface area contributed by atoms with Crippen molar-refractivity contribution < 1.29 is 9.90 Å². The first-order chi connectivity index (χ1) is 9.90. The van der Waals surface area contributed by atoms with E-state index in [1.165, 1.54) is 0 Å². The highest BCUT2D eigenvalue weighted by Gasteiger charge is 2.41. The molecule has 1 fully saturated rings. The van der Waals surface area contributed by atoms with Gasteiger partial charge in [-0.2, -0.15) is 0 Å². The molecular weight excluding hydrogens is 264 g/mol. The van der Waals surface area contributed by atoms with Gasteiger partial charge in [0, 0.05) is 24.9 Å². The monoisotopic (exact) mass is 292 g/mol. The zero-order chi connectivity index (χ0) is 15.6. The second kappa shape index (κ2) is 6.20. The molecule has 0 radical (unpaired) electrons. The van der Waals surface area contributed by atoms with Gasteiger partial charge < -0.3 is 9.67 Å². The summed E-state index contributed by atoms with van der Waals surface area (Å²) in [5.74, 6) is 0.633. The van der Waals surface area contributed by atoms with E-state index in [0.717, 1.165) is 37.9 Å². The van der Waals surface area contributed by atoms with Gasteiger partial charge in [0.25, 0.3) is 0 Å². The summed E-state index contributed by atoms with van der Waals surface area (Å²) in [5, 5.41) is 9.58. The molecule has 0 aliphatic heterocycles. The molecule has 1 aliphatic carbocycles. The van der Waals surface area contributed by atoms with E-state index in [-0.39, 0.29) is 17.4 Å². The highest BCUT2D eigenvalue weighted by Crippen LogP contribution is 2.46. The molecule has 0 aromatic carbocycles. The fraction of sp³-hybridized carbons (Fsp3) is 0.765. The average Bonchev–Trinajstić information content (AvgIpc) is 2.94. The van der Waals surface area contributed by atoms with E-state index >= 15 is 0 Å². The lowest BCUT2D eigenvalue weighted by Gasteiger charge is -2.42. The Kier molecular flexibility index (Phi) is 4.74. The van der Waals surface area contributed by atoms with Gasteiger partial charge in [-0.15, -0.1) is 0 Å². The van der Waals surface area contributed by atoms with E-state index < -0.39 is 5.97 Å². The van der Waals surface area contributed by atoms with Gasteiger partial charge in [-0.3, -0.25) is 4.79 Å². The van der Waals surface area contributed by atoms with Crippen LogP contribution in [0, 0.1) is 17.3 Å². The van der Waals surface area contributed by atoms with Crippen molar-refractivity contribution in [3.8, 4) is 0 Å². The Labute approximate surface area is 127 Å². The quantitative estimate of drug-likeness (QED) is 0.894. The van der Waals surface area contributed by atoms with Crippen LogP contribution in [0.4, 0.5) is 0 Å². The normalized spacial score (nSPS) is 26.8. The molecule has 1 heterocycles. The van der Waals surface area contributed by atoms with Crippen LogP contribution in [-0.2, 0) is 11.2 Å². The molecule has 3 atom stereocenters. The molecule has 2 rings (SSSR count). The summed E-state index contributed by atoms with van der Waals surface area (Å²) in [5.41, 5.74) is 0.273. The Bertz CT molecular complexity index is 493. The number of aliphatic carboxylic acids is 1. The minimum Gasteiger partial charge on any atom is -0.481 e. The second-order valence-electron chi connectivity index (χ2n) is 6.97. The Hall–Kier alpha value is -1.32. The minimum atomic E-state index is -0.663. The Morgan fingerprint density at radius 3 is 2.71 bits per heavy atom. The van der Waals surface area contributed by atoms with Gasteiger partial charge >= 0.3 is 5.97 Å². The van der Waals surface area contributed by atoms with Crippen LogP contribution >= 0.6 is 0 Å². The number of hydrogen-bond acceptors (Lipinski definition) is 2. The van der Waals surface area contributed by atoms with Crippen molar-refractivity contribution in [2.24, 2.45) is 17.3 Å². The first kappa shape index (κ1) is 16.1. The summed E-state index contributed by atoms with van der Waals surface area (Å²) < 4.78 is 2.12. The third-order valence-electron chi connectivity index (χ3n) is 5.57. The van der Waals surface area contributed by atoms with Crippen molar-refractivity contribution in [1.82, 2.24) is 9.55 Å². The molecule has 1 N–H and O–H groups in total. The third kappa shape index (κ3) is 3.14. The van der Waals surface area contributed by atoms with E-state index in [9.17, 15) is 9.90 Å². The maximum Gasteiger partial charge on any atom is 0.308 e. The van der Waals surface area contributed by atoms with Gasteiger partial charge in [-0.05, 0) is 30.6 Å². The minimum absolute atomic E-state index is 0.0459. The molecule has 0 amide bonds. The van der Waals surface area contributed by atoms with Crippen LogP contribution < -0.4 is 0 Å². The van der Waals surface area contributed by atoms with Crippen molar-refractivity contribution in [2.45, 2.75) is 65.8 Å². The second-order valence-corrected chi connectivity index (χ2v) is 6.97. The van der Waals surface area contributed by atoms with Gasteiger partial charge in [0.2, 0.25) is 0 Å². The number of aryl methyl sites for hydroxylation is 1. The lowest BCUT2D eigenvalue weighted by Crippen LogP contribution is -2.37. The van der Waals surface area contributed by atoms with E-state index in [0.29, 0.717) is 5.92 Å². The van der Waals surface area contributed by atoms with Crippen molar-refractivity contribution in [2.75, 3.05) is 0 Å². The van der Waals surface area contributed by atoms with Gasteiger partial charge in [0.1, 0.15) is 5.82 Å². The molecule has 3 unspecified atom stereocenters. The van der Waals surface area contributed by atoms with E-state index in [4.69, 9.17) is 0 Å².